The molecule has 9 heteroatoms. The molecule has 0 aromatic heterocycles. The first kappa shape index (κ1) is 14.5. The molecule has 0 N–H and O–H groups in total. The van der Waals surface area contributed by atoms with E-state index in [0.29, 0.717) is 0 Å². The molecule has 98 valence electrons. The van der Waals surface area contributed by atoms with Gasteiger partial charge in [-0.3, -0.25) is 20.2 Å². The quantitative estimate of drug-likeness (QED) is 0.469. The summed E-state index contributed by atoms with van der Waals surface area (Å²) in [4.78, 5) is 20.2. The van der Waals surface area contributed by atoms with Crippen molar-refractivity contribution in [3.63, 3.8) is 0 Å². The van der Waals surface area contributed by atoms with Crippen LogP contribution in [0, 0.1) is 20.2 Å². The highest BCUT2D eigenvalue weighted by atomic mass is 79.9. The van der Waals surface area contributed by atoms with Crippen molar-refractivity contribution in [3.8, 4) is 0 Å². The lowest BCUT2D eigenvalue weighted by atomic mass is 10.1. The van der Waals surface area contributed by atoms with Crippen molar-refractivity contribution in [1.82, 2.24) is 0 Å². The van der Waals surface area contributed by atoms with Crippen molar-refractivity contribution in [3.05, 3.63) is 42.4 Å². The van der Waals surface area contributed by atoms with Crippen LogP contribution < -0.4 is 0 Å². The van der Waals surface area contributed by atoms with Gasteiger partial charge in [-0.15, -0.1) is 0 Å². The molecule has 1 aromatic carbocycles. The Morgan fingerprint density at radius 3 is 1.78 bits per heavy atom. The maximum Gasteiger partial charge on any atom is 0.290 e. The van der Waals surface area contributed by atoms with Crippen molar-refractivity contribution in [2.45, 2.75) is 6.29 Å². The molecule has 18 heavy (non-hydrogen) atoms. The normalized spacial score (nSPS) is 10.7. The van der Waals surface area contributed by atoms with E-state index in [1.54, 1.807) is 0 Å². The Labute approximate surface area is 110 Å². The van der Waals surface area contributed by atoms with Crippen LogP contribution in [0.25, 0.3) is 0 Å². The standard InChI is InChI=1S/C9H9BrN2O6/c1-17-9(18-2)5-3-6(11(13)14)8(10)7(4-5)12(15)16/h3-4,9H,1-2H3. The summed E-state index contributed by atoms with van der Waals surface area (Å²) in [6.45, 7) is 0. The van der Waals surface area contributed by atoms with Crippen molar-refractivity contribution >= 4 is 27.3 Å². The van der Waals surface area contributed by atoms with E-state index in [1.165, 1.54) is 14.2 Å². The van der Waals surface area contributed by atoms with Gasteiger partial charge in [0.1, 0.15) is 0 Å². The van der Waals surface area contributed by atoms with E-state index in [0.717, 1.165) is 12.1 Å². The molecular weight excluding hydrogens is 312 g/mol. The first-order valence-corrected chi connectivity index (χ1v) is 5.39. The zero-order valence-corrected chi connectivity index (χ0v) is 11.0. The van der Waals surface area contributed by atoms with E-state index < -0.39 is 27.5 Å². The summed E-state index contributed by atoms with van der Waals surface area (Å²) in [7, 11) is 2.65. The molecule has 0 heterocycles. The van der Waals surface area contributed by atoms with Gasteiger partial charge in [0.15, 0.2) is 10.8 Å². The minimum Gasteiger partial charge on any atom is -0.352 e. The third-order valence-electron chi connectivity index (χ3n) is 2.15. The molecular formula is C9H9BrN2O6. The Balaban J connectivity index is 3.47. The fourth-order valence-corrected chi connectivity index (χ4v) is 1.90. The zero-order valence-electron chi connectivity index (χ0n) is 9.45. The predicted octanol–water partition coefficient (Wildman–Crippen LogP) is 2.56. The largest absolute Gasteiger partial charge is 0.352 e. The molecule has 1 aromatic rings. The number of benzene rings is 1. The molecule has 0 radical (unpaired) electrons. The van der Waals surface area contributed by atoms with Gasteiger partial charge in [-0.1, -0.05) is 0 Å². The number of halogens is 1. The van der Waals surface area contributed by atoms with Gasteiger partial charge < -0.3 is 9.47 Å². The van der Waals surface area contributed by atoms with Gasteiger partial charge in [-0.2, -0.15) is 0 Å². The minimum absolute atomic E-state index is 0.188. The average Bonchev–Trinajstić information content (AvgIpc) is 2.31. The first-order valence-electron chi connectivity index (χ1n) is 4.60. The van der Waals surface area contributed by atoms with E-state index in [4.69, 9.17) is 9.47 Å². The van der Waals surface area contributed by atoms with Crippen LogP contribution >= 0.6 is 15.9 Å². The highest BCUT2D eigenvalue weighted by molar-refractivity contribution is 9.10. The SMILES string of the molecule is COC(OC)c1cc([N+](=O)[O-])c(Br)c([N+](=O)[O-])c1. The molecule has 0 aliphatic carbocycles. The van der Waals surface area contributed by atoms with E-state index in [9.17, 15) is 20.2 Å². The van der Waals surface area contributed by atoms with Gasteiger partial charge in [0.25, 0.3) is 11.4 Å². The van der Waals surface area contributed by atoms with E-state index in [1.807, 2.05) is 0 Å². The fraction of sp³-hybridized carbons (Fsp3) is 0.333. The second-order valence-corrected chi connectivity index (χ2v) is 3.98. The summed E-state index contributed by atoms with van der Waals surface area (Å²) >= 11 is 2.84. The number of nitro groups is 2. The Morgan fingerprint density at radius 2 is 1.50 bits per heavy atom. The van der Waals surface area contributed by atoms with Crippen LogP contribution in [0.4, 0.5) is 11.4 Å². The van der Waals surface area contributed by atoms with E-state index in [2.05, 4.69) is 15.9 Å². The second kappa shape index (κ2) is 5.85. The number of methoxy groups -OCH3 is 2. The minimum atomic E-state index is -0.907. The third kappa shape index (κ3) is 2.81. The fourth-order valence-electron chi connectivity index (χ4n) is 1.39. The Morgan fingerprint density at radius 1 is 1.11 bits per heavy atom. The van der Waals surface area contributed by atoms with Crippen LogP contribution in [0.5, 0.6) is 0 Å². The number of rotatable bonds is 5. The van der Waals surface area contributed by atoms with Crippen molar-refractivity contribution < 1.29 is 19.3 Å². The van der Waals surface area contributed by atoms with Crippen LogP contribution in [0.3, 0.4) is 0 Å². The van der Waals surface area contributed by atoms with Crippen molar-refractivity contribution in [2.75, 3.05) is 14.2 Å². The maximum absolute atomic E-state index is 10.8. The van der Waals surface area contributed by atoms with Crippen molar-refractivity contribution in [1.29, 1.82) is 0 Å². The van der Waals surface area contributed by atoms with E-state index in [-0.39, 0.29) is 10.0 Å². The summed E-state index contributed by atoms with van der Waals surface area (Å²) in [5.74, 6) is 0. The highest BCUT2D eigenvalue weighted by Crippen LogP contribution is 2.37. The predicted molar refractivity (Wildman–Crippen MR) is 64.2 cm³/mol. The van der Waals surface area contributed by atoms with Gasteiger partial charge in [-0.05, 0) is 15.9 Å². The molecule has 0 saturated carbocycles. The number of ether oxygens (including phenoxy) is 2. The monoisotopic (exact) mass is 320 g/mol. The molecule has 1 rings (SSSR count). The summed E-state index contributed by atoms with van der Waals surface area (Å²) in [6, 6.07) is 2.32. The van der Waals surface area contributed by atoms with Crippen molar-refractivity contribution in [2.24, 2.45) is 0 Å². The highest BCUT2D eigenvalue weighted by Gasteiger charge is 2.27. The molecule has 8 nitrogen and oxygen atoms in total. The topological polar surface area (TPSA) is 105 Å². The molecule has 0 aliphatic heterocycles. The van der Waals surface area contributed by atoms with Gasteiger partial charge in [0, 0.05) is 31.9 Å². The number of nitro benzene ring substituents is 2. The zero-order chi connectivity index (χ0) is 13.9. The first-order chi connectivity index (χ1) is 8.42. The maximum atomic E-state index is 10.8. The van der Waals surface area contributed by atoms with Gasteiger partial charge in [0.05, 0.1) is 9.85 Å². The molecule has 0 spiro atoms. The summed E-state index contributed by atoms with van der Waals surface area (Å²) in [5, 5.41) is 21.6. The number of nitrogens with zero attached hydrogens (tertiary/aromatic N) is 2. The molecule has 0 fully saturated rings. The van der Waals surface area contributed by atoms with Crippen LogP contribution in [0.2, 0.25) is 0 Å². The summed E-state index contributed by atoms with van der Waals surface area (Å²) in [6.07, 6.45) is -0.907. The molecule has 0 saturated heterocycles. The molecule has 0 bridgehead atoms. The second-order valence-electron chi connectivity index (χ2n) is 3.19. The Kier molecular flexibility index (Phi) is 4.70. The summed E-state index contributed by atoms with van der Waals surface area (Å²) in [5.41, 5.74) is -0.641. The Bertz CT molecular complexity index is 453. The lowest BCUT2D eigenvalue weighted by Gasteiger charge is -2.13. The smallest absolute Gasteiger partial charge is 0.290 e. The number of hydrogen-bond donors (Lipinski definition) is 0. The van der Waals surface area contributed by atoms with E-state index >= 15 is 0 Å². The van der Waals surface area contributed by atoms with Gasteiger partial charge in [0.2, 0.25) is 0 Å². The summed E-state index contributed by atoms with van der Waals surface area (Å²) < 4.78 is 9.64. The molecule has 0 amide bonds. The lowest BCUT2D eigenvalue weighted by molar-refractivity contribution is -0.396. The van der Waals surface area contributed by atoms with Crippen LogP contribution in [-0.4, -0.2) is 24.1 Å². The Hall–Kier alpha value is -1.58. The number of hydrogen-bond acceptors (Lipinski definition) is 6. The van der Waals surface area contributed by atoms with Crippen LogP contribution in [0.15, 0.2) is 16.6 Å². The lowest BCUT2D eigenvalue weighted by Crippen LogP contribution is -2.06. The van der Waals surface area contributed by atoms with Gasteiger partial charge >= 0.3 is 0 Å². The average molecular weight is 321 g/mol. The van der Waals surface area contributed by atoms with Crippen LogP contribution in [0.1, 0.15) is 11.9 Å². The molecule has 0 unspecified atom stereocenters. The van der Waals surface area contributed by atoms with Gasteiger partial charge in [-0.25, -0.2) is 0 Å². The van der Waals surface area contributed by atoms with Crippen LogP contribution in [-0.2, 0) is 9.47 Å². The molecule has 0 aliphatic rings. The third-order valence-corrected chi connectivity index (χ3v) is 2.96. The molecule has 0 atom stereocenters.